The van der Waals surface area contributed by atoms with Crippen LogP contribution in [0.25, 0.3) is 0 Å². The van der Waals surface area contributed by atoms with E-state index in [1.54, 1.807) is 43.5 Å². The van der Waals surface area contributed by atoms with E-state index in [2.05, 4.69) is 9.69 Å². The van der Waals surface area contributed by atoms with Crippen molar-refractivity contribution in [2.24, 2.45) is 0 Å². The van der Waals surface area contributed by atoms with E-state index in [1.165, 1.54) is 0 Å². The number of anilines is 1. The molecular weight excluding hydrogens is 264 g/mol. The molecule has 1 heterocycles. The third kappa shape index (κ3) is 3.17. The number of aromatic nitrogens is 1. The van der Waals surface area contributed by atoms with E-state index >= 15 is 0 Å². The van der Waals surface area contributed by atoms with E-state index in [0.29, 0.717) is 16.1 Å². The molecule has 1 aromatic carbocycles. The molecule has 0 atom stereocenters. The molecule has 0 saturated carbocycles. The normalized spacial score (nSPS) is 9.95. The number of esters is 1. The van der Waals surface area contributed by atoms with Gasteiger partial charge in [-0.05, 0) is 36.7 Å². The Morgan fingerprint density at radius 1 is 1.32 bits per heavy atom. The molecule has 0 unspecified atom stereocenters. The standard InChI is InChI=1S/C13H12N2O3S/c1-2-18-13(17)9-5-3-4-6-10(9)15-12(16)11-7-8-14-19-11/h3-8H,2H2,1H3,(H,15,16). The topological polar surface area (TPSA) is 68.3 Å². The summed E-state index contributed by atoms with van der Waals surface area (Å²) in [7, 11) is 0. The second kappa shape index (κ2) is 6.10. The van der Waals surface area contributed by atoms with Crippen LogP contribution in [0.3, 0.4) is 0 Å². The smallest absolute Gasteiger partial charge is 0.340 e. The molecule has 0 bridgehead atoms. The highest BCUT2D eigenvalue weighted by Crippen LogP contribution is 2.18. The van der Waals surface area contributed by atoms with Crippen molar-refractivity contribution in [1.82, 2.24) is 4.37 Å². The van der Waals surface area contributed by atoms with Crippen molar-refractivity contribution >= 4 is 29.1 Å². The molecule has 0 aliphatic heterocycles. The van der Waals surface area contributed by atoms with Crippen LogP contribution in [0, 0.1) is 0 Å². The minimum absolute atomic E-state index is 0.288. The van der Waals surface area contributed by atoms with Crippen LogP contribution in [-0.4, -0.2) is 22.9 Å². The first kappa shape index (κ1) is 13.2. The number of hydrogen-bond donors (Lipinski definition) is 1. The number of ether oxygens (including phenoxy) is 1. The van der Waals surface area contributed by atoms with Gasteiger partial charge in [0.05, 0.1) is 17.9 Å². The number of carbonyl (C=O) groups excluding carboxylic acids is 2. The van der Waals surface area contributed by atoms with Crippen LogP contribution in [0.4, 0.5) is 5.69 Å². The first-order valence-electron chi connectivity index (χ1n) is 5.70. The summed E-state index contributed by atoms with van der Waals surface area (Å²) < 4.78 is 8.80. The Hall–Kier alpha value is -2.21. The molecule has 0 spiro atoms. The van der Waals surface area contributed by atoms with Crippen molar-refractivity contribution in [2.75, 3.05) is 11.9 Å². The zero-order chi connectivity index (χ0) is 13.7. The second-order valence-electron chi connectivity index (χ2n) is 3.60. The lowest BCUT2D eigenvalue weighted by atomic mass is 10.2. The van der Waals surface area contributed by atoms with Crippen LogP contribution in [0.15, 0.2) is 36.5 Å². The second-order valence-corrected chi connectivity index (χ2v) is 4.43. The van der Waals surface area contributed by atoms with Crippen LogP contribution < -0.4 is 5.32 Å². The third-order valence-corrected chi connectivity index (χ3v) is 3.08. The Balaban J connectivity index is 2.21. The largest absolute Gasteiger partial charge is 0.462 e. The lowest BCUT2D eigenvalue weighted by Gasteiger charge is -2.09. The number of nitrogens with zero attached hydrogens (tertiary/aromatic N) is 1. The maximum Gasteiger partial charge on any atom is 0.340 e. The molecule has 98 valence electrons. The van der Waals surface area contributed by atoms with E-state index in [0.717, 1.165) is 11.5 Å². The quantitative estimate of drug-likeness (QED) is 0.871. The average molecular weight is 276 g/mol. The summed E-state index contributed by atoms with van der Waals surface area (Å²) >= 11 is 1.10. The molecule has 1 aromatic heterocycles. The summed E-state index contributed by atoms with van der Waals surface area (Å²) in [6.07, 6.45) is 1.55. The number of nitrogens with one attached hydrogen (secondary N) is 1. The predicted molar refractivity (Wildman–Crippen MR) is 72.5 cm³/mol. The van der Waals surface area contributed by atoms with E-state index in [1.807, 2.05) is 0 Å². The van der Waals surface area contributed by atoms with Gasteiger partial charge in [-0.25, -0.2) is 9.17 Å². The van der Waals surface area contributed by atoms with Gasteiger partial charge in [-0.1, -0.05) is 12.1 Å². The summed E-state index contributed by atoms with van der Waals surface area (Å²) in [6, 6.07) is 8.35. The molecule has 2 aromatic rings. The van der Waals surface area contributed by atoms with Crippen LogP contribution >= 0.6 is 11.5 Å². The van der Waals surface area contributed by atoms with Gasteiger partial charge in [0.2, 0.25) is 0 Å². The lowest BCUT2D eigenvalue weighted by molar-refractivity contribution is 0.0527. The van der Waals surface area contributed by atoms with E-state index in [9.17, 15) is 9.59 Å². The Labute approximate surface area is 114 Å². The lowest BCUT2D eigenvalue weighted by Crippen LogP contribution is -2.14. The van der Waals surface area contributed by atoms with Gasteiger partial charge in [0.1, 0.15) is 4.88 Å². The monoisotopic (exact) mass is 276 g/mol. The molecule has 0 saturated heterocycles. The van der Waals surface area contributed by atoms with Crippen LogP contribution in [0.1, 0.15) is 27.0 Å². The Bertz CT molecular complexity index is 581. The number of benzene rings is 1. The fourth-order valence-electron chi connectivity index (χ4n) is 1.50. The van der Waals surface area contributed by atoms with E-state index in [4.69, 9.17) is 4.74 Å². The third-order valence-electron chi connectivity index (χ3n) is 2.33. The van der Waals surface area contributed by atoms with Crippen LogP contribution in [-0.2, 0) is 4.74 Å². The highest BCUT2D eigenvalue weighted by atomic mass is 32.1. The van der Waals surface area contributed by atoms with Gasteiger partial charge in [-0.15, -0.1) is 0 Å². The van der Waals surface area contributed by atoms with Gasteiger partial charge >= 0.3 is 5.97 Å². The first-order valence-corrected chi connectivity index (χ1v) is 6.48. The molecule has 0 radical (unpaired) electrons. The van der Waals surface area contributed by atoms with Crippen molar-refractivity contribution < 1.29 is 14.3 Å². The summed E-state index contributed by atoms with van der Waals surface area (Å²) in [5, 5.41) is 2.68. The maximum atomic E-state index is 11.9. The molecular formula is C13H12N2O3S. The number of rotatable bonds is 4. The van der Waals surface area contributed by atoms with Crippen molar-refractivity contribution in [3.05, 3.63) is 47.0 Å². The van der Waals surface area contributed by atoms with Crippen LogP contribution in [0.5, 0.6) is 0 Å². The molecule has 5 nitrogen and oxygen atoms in total. The molecule has 2 rings (SSSR count). The molecule has 0 aliphatic carbocycles. The molecule has 1 N–H and O–H groups in total. The van der Waals surface area contributed by atoms with Crippen molar-refractivity contribution in [2.45, 2.75) is 6.92 Å². The summed E-state index contributed by atoms with van der Waals surface area (Å²) in [4.78, 5) is 24.2. The Morgan fingerprint density at radius 3 is 2.79 bits per heavy atom. The molecule has 0 aliphatic rings. The van der Waals surface area contributed by atoms with Gasteiger partial charge in [0, 0.05) is 6.20 Å². The Morgan fingerprint density at radius 2 is 2.11 bits per heavy atom. The number of amides is 1. The molecule has 0 fully saturated rings. The Kier molecular flexibility index (Phi) is 4.25. The summed E-state index contributed by atoms with van der Waals surface area (Å²) in [6.45, 7) is 2.02. The van der Waals surface area contributed by atoms with Crippen molar-refractivity contribution in [1.29, 1.82) is 0 Å². The zero-order valence-electron chi connectivity index (χ0n) is 10.3. The molecule has 19 heavy (non-hydrogen) atoms. The van der Waals surface area contributed by atoms with Crippen molar-refractivity contribution in [3.63, 3.8) is 0 Å². The van der Waals surface area contributed by atoms with Crippen LogP contribution in [0.2, 0.25) is 0 Å². The zero-order valence-corrected chi connectivity index (χ0v) is 11.1. The number of para-hydroxylation sites is 1. The molecule has 1 amide bonds. The fraction of sp³-hybridized carbons (Fsp3) is 0.154. The van der Waals surface area contributed by atoms with Gasteiger partial charge < -0.3 is 10.1 Å². The molecule has 6 heteroatoms. The van der Waals surface area contributed by atoms with Gasteiger partial charge in [0.15, 0.2) is 0 Å². The summed E-state index contributed by atoms with van der Waals surface area (Å²) in [5.74, 6) is -0.748. The highest BCUT2D eigenvalue weighted by Gasteiger charge is 2.15. The minimum atomic E-state index is -0.456. The fourth-order valence-corrected chi connectivity index (χ4v) is 1.99. The highest BCUT2D eigenvalue weighted by molar-refractivity contribution is 7.08. The average Bonchev–Trinajstić information content (AvgIpc) is 2.93. The van der Waals surface area contributed by atoms with Crippen molar-refractivity contribution in [3.8, 4) is 0 Å². The first-order chi connectivity index (χ1) is 9.22. The van der Waals surface area contributed by atoms with E-state index in [-0.39, 0.29) is 12.5 Å². The predicted octanol–water partition coefficient (Wildman–Crippen LogP) is 2.57. The van der Waals surface area contributed by atoms with Gasteiger partial charge in [-0.2, -0.15) is 0 Å². The SMILES string of the molecule is CCOC(=O)c1ccccc1NC(=O)c1ccns1. The van der Waals surface area contributed by atoms with Gasteiger partial charge in [-0.3, -0.25) is 4.79 Å². The minimum Gasteiger partial charge on any atom is -0.462 e. The van der Waals surface area contributed by atoms with Gasteiger partial charge in [0.25, 0.3) is 5.91 Å². The summed E-state index contributed by atoms with van der Waals surface area (Å²) in [5.41, 5.74) is 0.765. The number of hydrogen-bond acceptors (Lipinski definition) is 5. The van der Waals surface area contributed by atoms with E-state index < -0.39 is 5.97 Å². The number of carbonyl (C=O) groups is 2. The maximum absolute atomic E-state index is 11.9.